The molecule has 110 valence electrons. The van der Waals surface area contributed by atoms with Gasteiger partial charge >= 0.3 is 0 Å². The molecule has 1 heterocycles. The molecule has 1 rings (SSSR count). The molecule has 1 saturated heterocycles. The van der Waals surface area contributed by atoms with Crippen LogP contribution in [0.4, 0.5) is 0 Å². The first-order chi connectivity index (χ1) is 8.82. The van der Waals surface area contributed by atoms with Crippen LogP contribution in [-0.4, -0.2) is 48.0 Å². The number of terminal acetylenes is 1. The highest BCUT2D eigenvalue weighted by atomic mass is 16.5. The lowest BCUT2D eigenvalue weighted by atomic mass is 9.92. The number of rotatable bonds is 6. The molecule has 0 aliphatic carbocycles. The summed E-state index contributed by atoms with van der Waals surface area (Å²) < 4.78 is 5.71. The van der Waals surface area contributed by atoms with Crippen LogP contribution < -0.4 is 0 Å². The van der Waals surface area contributed by atoms with E-state index in [1.54, 1.807) is 0 Å². The first kappa shape index (κ1) is 16.5. The van der Waals surface area contributed by atoms with Crippen LogP contribution in [0.15, 0.2) is 0 Å². The fraction of sp³-hybridized carbons (Fsp3) is 0.875. The second-order valence-corrected chi connectivity index (χ2v) is 6.77. The average Bonchev–Trinajstić information content (AvgIpc) is 2.25. The van der Waals surface area contributed by atoms with Crippen LogP contribution in [0.2, 0.25) is 0 Å². The number of piperidine rings is 1. The molecular formula is C16H29NO2. The summed E-state index contributed by atoms with van der Waals surface area (Å²) in [6.45, 7) is 11.7. The molecule has 1 aliphatic rings. The van der Waals surface area contributed by atoms with E-state index in [1.165, 1.54) is 6.42 Å². The van der Waals surface area contributed by atoms with Gasteiger partial charge < -0.3 is 14.7 Å². The van der Waals surface area contributed by atoms with E-state index in [4.69, 9.17) is 11.2 Å². The van der Waals surface area contributed by atoms with Crippen molar-refractivity contribution in [1.29, 1.82) is 0 Å². The summed E-state index contributed by atoms with van der Waals surface area (Å²) in [6.07, 6.45) is 6.72. The predicted molar refractivity (Wildman–Crippen MR) is 78.9 cm³/mol. The molecule has 0 saturated carbocycles. The molecule has 0 spiro atoms. The minimum Gasteiger partial charge on any atom is -0.389 e. The van der Waals surface area contributed by atoms with Crippen molar-refractivity contribution in [3.05, 3.63) is 0 Å². The maximum Gasteiger partial charge on any atom is 0.0900 e. The highest BCUT2D eigenvalue weighted by molar-refractivity contribution is 4.92. The average molecular weight is 267 g/mol. The molecule has 3 atom stereocenters. The van der Waals surface area contributed by atoms with E-state index < -0.39 is 6.10 Å². The van der Waals surface area contributed by atoms with Crippen molar-refractivity contribution in [2.24, 2.45) is 11.8 Å². The zero-order valence-corrected chi connectivity index (χ0v) is 12.9. The fourth-order valence-electron chi connectivity index (χ4n) is 2.91. The van der Waals surface area contributed by atoms with Gasteiger partial charge in [-0.05, 0) is 32.1 Å². The van der Waals surface area contributed by atoms with Crippen LogP contribution in [0.5, 0.6) is 0 Å². The van der Waals surface area contributed by atoms with E-state index in [1.807, 2.05) is 13.8 Å². The van der Waals surface area contributed by atoms with Crippen molar-refractivity contribution in [2.45, 2.75) is 52.2 Å². The summed E-state index contributed by atoms with van der Waals surface area (Å²) in [5.74, 6) is 4.04. The van der Waals surface area contributed by atoms with E-state index in [-0.39, 0.29) is 5.60 Å². The normalized spacial score (nSPS) is 26.9. The Bertz CT molecular complexity index is 298. The highest BCUT2D eigenvalue weighted by Crippen LogP contribution is 2.21. The lowest BCUT2D eigenvalue weighted by Crippen LogP contribution is -2.44. The van der Waals surface area contributed by atoms with Crippen molar-refractivity contribution in [1.82, 2.24) is 4.90 Å². The van der Waals surface area contributed by atoms with Gasteiger partial charge in [-0.15, -0.1) is 12.3 Å². The molecule has 1 N–H and O–H groups in total. The Labute approximate surface area is 118 Å². The summed E-state index contributed by atoms with van der Waals surface area (Å²) in [7, 11) is 0. The first-order valence-corrected chi connectivity index (χ1v) is 7.30. The quantitative estimate of drug-likeness (QED) is 0.749. The first-order valence-electron chi connectivity index (χ1n) is 7.30. The molecule has 0 radical (unpaired) electrons. The number of β-amino-alcohol motifs (C(OH)–C–C–N with tert-alkyl or cyclic N) is 1. The number of ether oxygens (including phenoxy) is 1. The zero-order valence-electron chi connectivity index (χ0n) is 12.9. The molecule has 0 bridgehead atoms. The third-order valence-electron chi connectivity index (χ3n) is 3.61. The van der Waals surface area contributed by atoms with Gasteiger partial charge in [-0.2, -0.15) is 0 Å². The van der Waals surface area contributed by atoms with Crippen LogP contribution in [0.25, 0.3) is 0 Å². The summed E-state index contributed by atoms with van der Waals surface area (Å²) in [5.41, 5.74) is -0.349. The van der Waals surface area contributed by atoms with Gasteiger partial charge in [-0.3, -0.25) is 0 Å². The van der Waals surface area contributed by atoms with Crippen LogP contribution >= 0.6 is 0 Å². The molecule has 3 nitrogen and oxygen atoms in total. The Morgan fingerprint density at radius 3 is 2.47 bits per heavy atom. The fourth-order valence-corrected chi connectivity index (χ4v) is 2.91. The Morgan fingerprint density at radius 1 is 1.37 bits per heavy atom. The van der Waals surface area contributed by atoms with Gasteiger partial charge in [0.25, 0.3) is 0 Å². The lowest BCUT2D eigenvalue weighted by molar-refractivity contribution is -0.0661. The maximum atomic E-state index is 10.1. The summed E-state index contributed by atoms with van der Waals surface area (Å²) in [5, 5.41) is 10.1. The number of likely N-dealkylation sites (tertiary alicyclic amines) is 1. The molecule has 0 amide bonds. The molecular weight excluding hydrogens is 238 g/mol. The summed E-state index contributed by atoms with van der Waals surface area (Å²) in [6, 6.07) is 0. The Hall–Kier alpha value is -0.560. The SMILES string of the molecule is C#CCC(C)(C)OC[C@@H](O)CN1C[C@H](C)C[C@H](C)C1. The van der Waals surface area contributed by atoms with Crippen molar-refractivity contribution in [3.63, 3.8) is 0 Å². The standard InChI is InChI=1S/C16H29NO2/c1-6-7-16(4,5)19-12-15(18)11-17-9-13(2)8-14(3)10-17/h1,13-15,18H,7-12H2,2-5H3/t13-,14+,15-/m0/s1. The van der Waals surface area contributed by atoms with Crippen molar-refractivity contribution < 1.29 is 9.84 Å². The second kappa shape index (κ2) is 7.28. The highest BCUT2D eigenvalue weighted by Gasteiger charge is 2.24. The molecule has 0 aromatic rings. The van der Waals surface area contributed by atoms with Gasteiger partial charge in [0.05, 0.1) is 18.3 Å². The van der Waals surface area contributed by atoms with Gasteiger partial charge in [-0.1, -0.05) is 13.8 Å². The van der Waals surface area contributed by atoms with Gasteiger partial charge in [0.1, 0.15) is 0 Å². The largest absolute Gasteiger partial charge is 0.389 e. The van der Waals surface area contributed by atoms with E-state index in [0.29, 0.717) is 19.6 Å². The lowest BCUT2D eigenvalue weighted by Gasteiger charge is -2.36. The number of aliphatic hydroxyl groups is 1. The topological polar surface area (TPSA) is 32.7 Å². The Balaban J connectivity index is 2.31. The molecule has 1 aliphatic heterocycles. The number of nitrogens with zero attached hydrogens (tertiary/aromatic N) is 1. The third kappa shape index (κ3) is 6.42. The smallest absolute Gasteiger partial charge is 0.0900 e. The van der Waals surface area contributed by atoms with Gasteiger partial charge in [0, 0.05) is 26.1 Å². The van der Waals surface area contributed by atoms with Crippen molar-refractivity contribution in [3.8, 4) is 12.3 Å². The second-order valence-electron chi connectivity index (χ2n) is 6.77. The summed E-state index contributed by atoms with van der Waals surface area (Å²) in [4.78, 5) is 2.35. The van der Waals surface area contributed by atoms with E-state index in [9.17, 15) is 5.11 Å². The third-order valence-corrected chi connectivity index (χ3v) is 3.61. The molecule has 0 unspecified atom stereocenters. The molecule has 19 heavy (non-hydrogen) atoms. The Morgan fingerprint density at radius 2 is 1.95 bits per heavy atom. The zero-order chi connectivity index (χ0) is 14.5. The van der Waals surface area contributed by atoms with Gasteiger partial charge in [-0.25, -0.2) is 0 Å². The number of hydrogen-bond acceptors (Lipinski definition) is 3. The summed E-state index contributed by atoms with van der Waals surface area (Å²) >= 11 is 0. The van der Waals surface area contributed by atoms with Gasteiger partial charge in [0.2, 0.25) is 0 Å². The predicted octanol–water partition coefficient (Wildman–Crippen LogP) is 2.14. The van der Waals surface area contributed by atoms with Gasteiger partial charge in [0.15, 0.2) is 0 Å². The molecule has 3 heteroatoms. The molecule has 0 aromatic carbocycles. The minimum atomic E-state index is -0.436. The number of hydrogen-bond donors (Lipinski definition) is 1. The molecule has 1 fully saturated rings. The van der Waals surface area contributed by atoms with Crippen LogP contribution in [0, 0.1) is 24.2 Å². The van der Waals surface area contributed by atoms with E-state index in [2.05, 4.69) is 24.7 Å². The number of aliphatic hydroxyl groups excluding tert-OH is 1. The van der Waals surface area contributed by atoms with Crippen molar-refractivity contribution >= 4 is 0 Å². The minimum absolute atomic E-state index is 0.349. The van der Waals surface area contributed by atoms with Crippen LogP contribution in [-0.2, 0) is 4.74 Å². The van der Waals surface area contributed by atoms with E-state index >= 15 is 0 Å². The van der Waals surface area contributed by atoms with Crippen LogP contribution in [0.3, 0.4) is 0 Å². The monoisotopic (exact) mass is 267 g/mol. The van der Waals surface area contributed by atoms with Crippen molar-refractivity contribution in [2.75, 3.05) is 26.2 Å². The Kier molecular flexibility index (Phi) is 6.32. The maximum absolute atomic E-state index is 10.1. The molecule has 0 aromatic heterocycles. The van der Waals surface area contributed by atoms with Crippen LogP contribution in [0.1, 0.15) is 40.5 Å². The van der Waals surface area contributed by atoms with E-state index in [0.717, 1.165) is 24.9 Å².